The highest BCUT2D eigenvalue weighted by Gasteiger charge is 2.30. The Labute approximate surface area is 136 Å². The maximum atomic E-state index is 12.9. The average molecular weight is 391 g/mol. The van der Waals surface area contributed by atoms with E-state index in [0.717, 1.165) is 17.7 Å². The average Bonchev–Trinajstić information content (AvgIpc) is 2.79. The summed E-state index contributed by atoms with van der Waals surface area (Å²) in [6.07, 6.45) is -2.74. The molecule has 0 atom stereocenters. The molecule has 0 saturated carbocycles. The number of hydrogen-bond acceptors (Lipinski definition) is 2. The second kappa shape index (κ2) is 5.24. The molecule has 1 aromatic carbocycles. The van der Waals surface area contributed by atoms with Crippen molar-refractivity contribution in [2.75, 3.05) is 0 Å². The number of alkyl halides is 3. The van der Waals surface area contributed by atoms with E-state index in [1.807, 2.05) is 0 Å². The molecule has 0 spiro atoms. The van der Waals surface area contributed by atoms with E-state index < -0.39 is 11.7 Å². The van der Waals surface area contributed by atoms with Crippen molar-refractivity contribution in [1.82, 2.24) is 14.6 Å². The van der Waals surface area contributed by atoms with Crippen LogP contribution in [-0.4, -0.2) is 14.6 Å². The fourth-order valence-electron chi connectivity index (χ4n) is 2.25. The number of benzene rings is 1. The minimum Gasteiger partial charge on any atom is -0.218 e. The van der Waals surface area contributed by atoms with Crippen molar-refractivity contribution in [2.24, 2.45) is 0 Å². The van der Waals surface area contributed by atoms with Gasteiger partial charge in [0.25, 0.3) is 0 Å². The van der Waals surface area contributed by atoms with Gasteiger partial charge in [-0.3, -0.25) is 0 Å². The van der Waals surface area contributed by atoms with Crippen molar-refractivity contribution in [3.05, 3.63) is 51.3 Å². The Balaban J connectivity index is 2.32. The van der Waals surface area contributed by atoms with Crippen LogP contribution < -0.4 is 0 Å². The molecule has 0 aliphatic rings. The first kappa shape index (κ1) is 15.3. The SMILES string of the molecule is Cc1c(Br)cn2nc(Cl)nc2c1-c1cccc(C(F)(F)F)c1. The Morgan fingerprint density at radius 3 is 2.68 bits per heavy atom. The second-order valence-corrected chi connectivity index (χ2v) is 5.90. The molecule has 0 bridgehead atoms. The normalized spacial score (nSPS) is 12.1. The summed E-state index contributed by atoms with van der Waals surface area (Å²) in [5.74, 6) is 0. The van der Waals surface area contributed by atoms with Gasteiger partial charge < -0.3 is 0 Å². The van der Waals surface area contributed by atoms with E-state index in [0.29, 0.717) is 21.2 Å². The molecule has 8 heteroatoms. The van der Waals surface area contributed by atoms with E-state index in [1.54, 1.807) is 19.2 Å². The number of halogens is 5. The van der Waals surface area contributed by atoms with Gasteiger partial charge in [-0.25, -0.2) is 4.52 Å². The molecule has 0 fully saturated rings. The topological polar surface area (TPSA) is 30.2 Å². The third kappa shape index (κ3) is 2.59. The van der Waals surface area contributed by atoms with E-state index in [1.165, 1.54) is 10.6 Å². The van der Waals surface area contributed by atoms with Gasteiger partial charge in [0, 0.05) is 16.2 Å². The van der Waals surface area contributed by atoms with Gasteiger partial charge in [-0.2, -0.15) is 18.2 Å². The molecule has 3 rings (SSSR count). The van der Waals surface area contributed by atoms with Crippen LogP contribution in [0.15, 0.2) is 34.9 Å². The highest BCUT2D eigenvalue weighted by molar-refractivity contribution is 9.10. The summed E-state index contributed by atoms with van der Waals surface area (Å²) in [7, 11) is 0. The molecule has 0 aliphatic heterocycles. The highest BCUT2D eigenvalue weighted by Crippen LogP contribution is 2.36. The van der Waals surface area contributed by atoms with Gasteiger partial charge in [0.15, 0.2) is 5.65 Å². The molecule has 0 aliphatic carbocycles. The number of fused-ring (bicyclic) bond motifs is 1. The first-order valence-corrected chi connectivity index (χ1v) is 7.33. The third-order valence-corrected chi connectivity index (χ3v) is 4.24. The summed E-state index contributed by atoms with van der Waals surface area (Å²) in [6, 6.07) is 5.10. The molecule has 0 unspecified atom stereocenters. The third-order valence-electron chi connectivity index (χ3n) is 3.28. The fourth-order valence-corrected chi connectivity index (χ4v) is 2.80. The second-order valence-electron chi connectivity index (χ2n) is 4.70. The zero-order chi connectivity index (χ0) is 16.1. The number of hydrogen-bond donors (Lipinski definition) is 0. The Hall–Kier alpha value is -1.60. The van der Waals surface area contributed by atoms with Gasteiger partial charge in [-0.1, -0.05) is 12.1 Å². The molecule has 22 heavy (non-hydrogen) atoms. The van der Waals surface area contributed by atoms with Crippen LogP contribution in [0.1, 0.15) is 11.1 Å². The Morgan fingerprint density at radius 2 is 2.00 bits per heavy atom. The first-order chi connectivity index (χ1) is 10.3. The zero-order valence-corrected chi connectivity index (χ0v) is 13.5. The minimum absolute atomic E-state index is 0.0331. The Kier molecular flexibility index (Phi) is 3.65. The molecule has 2 heterocycles. The van der Waals surface area contributed by atoms with Crippen LogP contribution in [0.4, 0.5) is 13.2 Å². The molecular weight excluding hydrogens is 383 g/mol. The van der Waals surface area contributed by atoms with Crippen molar-refractivity contribution >= 4 is 33.2 Å². The summed E-state index contributed by atoms with van der Waals surface area (Å²) in [5, 5.41) is 4.02. The van der Waals surface area contributed by atoms with Crippen LogP contribution in [0, 0.1) is 6.92 Å². The molecule has 2 aromatic heterocycles. The monoisotopic (exact) mass is 389 g/mol. The largest absolute Gasteiger partial charge is 0.416 e. The Bertz CT molecular complexity index is 874. The number of aromatic nitrogens is 3. The quantitative estimate of drug-likeness (QED) is 0.576. The van der Waals surface area contributed by atoms with Crippen LogP contribution in [-0.2, 0) is 6.18 Å². The fraction of sp³-hybridized carbons (Fsp3) is 0.143. The van der Waals surface area contributed by atoms with Crippen LogP contribution >= 0.6 is 27.5 Å². The van der Waals surface area contributed by atoms with Gasteiger partial charge >= 0.3 is 6.18 Å². The molecule has 114 valence electrons. The van der Waals surface area contributed by atoms with Crippen LogP contribution in [0.25, 0.3) is 16.8 Å². The molecule has 3 nitrogen and oxygen atoms in total. The first-order valence-electron chi connectivity index (χ1n) is 6.16. The van der Waals surface area contributed by atoms with Crippen molar-refractivity contribution in [2.45, 2.75) is 13.1 Å². The Morgan fingerprint density at radius 1 is 1.27 bits per heavy atom. The van der Waals surface area contributed by atoms with Crippen molar-refractivity contribution < 1.29 is 13.2 Å². The molecule has 0 N–H and O–H groups in total. The minimum atomic E-state index is -4.41. The van der Waals surface area contributed by atoms with E-state index in [2.05, 4.69) is 26.0 Å². The van der Waals surface area contributed by atoms with E-state index in [-0.39, 0.29) is 5.28 Å². The van der Waals surface area contributed by atoms with Crippen molar-refractivity contribution in [3.63, 3.8) is 0 Å². The highest BCUT2D eigenvalue weighted by atomic mass is 79.9. The number of nitrogens with zero attached hydrogens (tertiary/aromatic N) is 3. The molecule has 0 amide bonds. The predicted octanol–water partition coefficient (Wildman–Crippen LogP) is 5.14. The molecule has 0 saturated heterocycles. The zero-order valence-electron chi connectivity index (χ0n) is 11.1. The lowest BCUT2D eigenvalue weighted by Gasteiger charge is -2.12. The summed E-state index contributed by atoms with van der Waals surface area (Å²) in [5.41, 5.74) is 1.41. The standard InChI is InChI=1S/C14H8BrClF3N3/c1-7-10(15)6-22-12(20-13(16)21-22)11(7)8-3-2-4-9(5-8)14(17,18)19/h2-6H,1H3. The van der Waals surface area contributed by atoms with Gasteiger partial charge in [0.1, 0.15) is 0 Å². The maximum absolute atomic E-state index is 12.9. The van der Waals surface area contributed by atoms with Crippen LogP contribution in [0.2, 0.25) is 5.28 Å². The maximum Gasteiger partial charge on any atom is 0.416 e. The van der Waals surface area contributed by atoms with Gasteiger partial charge in [0.2, 0.25) is 5.28 Å². The lowest BCUT2D eigenvalue weighted by molar-refractivity contribution is -0.137. The lowest BCUT2D eigenvalue weighted by atomic mass is 10.00. The lowest BCUT2D eigenvalue weighted by Crippen LogP contribution is -2.05. The number of pyridine rings is 1. The smallest absolute Gasteiger partial charge is 0.218 e. The van der Waals surface area contributed by atoms with Crippen molar-refractivity contribution in [1.29, 1.82) is 0 Å². The van der Waals surface area contributed by atoms with Gasteiger partial charge in [0.05, 0.1) is 5.56 Å². The van der Waals surface area contributed by atoms with E-state index in [4.69, 9.17) is 11.6 Å². The molecule has 0 radical (unpaired) electrons. The van der Waals surface area contributed by atoms with Crippen LogP contribution in [0.5, 0.6) is 0 Å². The molecular formula is C14H8BrClF3N3. The predicted molar refractivity (Wildman–Crippen MR) is 80.9 cm³/mol. The van der Waals surface area contributed by atoms with Crippen molar-refractivity contribution in [3.8, 4) is 11.1 Å². The summed E-state index contributed by atoms with van der Waals surface area (Å²) in [6.45, 7) is 1.79. The summed E-state index contributed by atoms with van der Waals surface area (Å²) in [4.78, 5) is 4.10. The van der Waals surface area contributed by atoms with Gasteiger partial charge in [-0.05, 0) is 57.7 Å². The van der Waals surface area contributed by atoms with E-state index in [9.17, 15) is 13.2 Å². The van der Waals surface area contributed by atoms with Gasteiger partial charge in [-0.15, -0.1) is 5.10 Å². The van der Waals surface area contributed by atoms with E-state index >= 15 is 0 Å². The number of rotatable bonds is 1. The summed E-state index contributed by atoms with van der Waals surface area (Å²) >= 11 is 9.19. The van der Waals surface area contributed by atoms with Crippen LogP contribution in [0.3, 0.4) is 0 Å². The summed E-state index contributed by atoms with van der Waals surface area (Å²) < 4.78 is 40.9. The molecule has 3 aromatic rings.